The van der Waals surface area contributed by atoms with Crippen molar-refractivity contribution in [2.45, 2.75) is 16.5 Å². The molecule has 1 aromatic heterocycles. The number of amides is 1. The van der Waals surface area contributed by atoms with Crippen LogP contribution in [0.1, 0.15) is 18.1 Å². The van der Waals surface area contributed by atoms with Crippen molar-refractivity contribution in [3.63, 3.8) is 0 Å². The molecule has 1 N–H and O–H groups in total. The molecule has 0 aliphatic rings. The number of carbonyl (C=O) groups excluding carboxylic acids is 1. The summed E-state index contributed by atoms with van der Waals surface area (Å²) in [5.74, 6) is -0.342. The Balaban J connectivity index is 1.74. The van der Waals surface area contributed by atoms with Gasteiger partial charge in [-0.3, -0.25) is 4.79 Å². The highest BCUT2D eigenvalue weighted by Gasteiger charge is 2.30. The first-order valence-corrected chi connectivity index (χ1v) is 11.5. The van der Waals surface area contributed by atoms with Crippen molar-refractivity contribution in [2.75, 3.05) is 20.1 Å². The Hall–Kier alpha value is -2.48. The van der Waals surface area contributed by atoms with Crippen molar-refractivity contribution < 1.29 is 13.2 Å². The second-order valence-corrected chi connectivity index (χ2v) is 10.3. The van der Waals surface area contributed by atoms with Crippen LogP contribution in [0.5, 0.6) is 0 Å². The van der Waals surface area contributed by atoms with Gasteiger partial charge in [0.15, 0.2) is 0 Å². The number of likely N-dealkylation sites (N-methyl/N-ethyl adjacent to an activating group) is 1. The summed E-state index contributed by atoms with van der Waals surface area (Å²) in [4.78, 5) is 12.6. The van der Waals surface area contributed by atoms with E-state index in [-0.39, 0.29) is 16.7 Å². The molecule has 0 fully saturated rings. The van der Waals surface area contributed by atoms with E-state index in [1.807, 2.05) is 60.7 Å². The van der Waals surface area contributed by atoms with Gasteiger partial charge in [-0.1, -0.05) is 66.7 Å². The fraction of sp³-hybridized carbons (Fsp3) is 0.227. The van der Waals surface area contributed by atoms with E-state index in [9.17, 15) is 13.2 Å². The van der Waals surface area contributed by atoms with Crippen LogP contribution in [0.3, 0.4) is 0 Å². The Morgan fingerprint density at radius 3 is 2.00 bits per heavy atom. The molecule has 29 heavy (non-hydrogen) atoms. The molecule has 0 spiro atoms. The summed E-state index contributed by atoms with van der Waals surface area (Å²) in [5.41, 5.74) is 1.71. The molecule has 0 bridgehead atoms. The van der Waals surface area contributed by atoms with Crippen LogP contribution in [0.25, 0.3) is 0 Å². The molecular weight excluding hydrogens is 404 g/mol. The summed E-state index contributed by atoms with van der Waals surface area (Å²) in [6.45, 7) is 2.19. The summed E-state index contributed by atoms with van der Waals surface area (Å²) >= 11 is 1.14. The normalized spacial score (nSPS) is 12.1. The van der Waals surface area contributed by atoms with E-state index in [0.29, 0.717) is 6.54 Å². The van der Waals surface area contributed by atoms with Crippen LogP contribution >= 0.6 is 11.3 Å². The Morgan fingerprint density at radius 2 is 1.52 bits per heavy atom. The lowest BCUT2D eigenvalue weighted by molar-refractivity contribution is -0.121. The zero-order valence-electron chi connectivity index (χ0n) is 16.4. The zero-order valence-corrected chi connectivity index (χ0v) is 18.0. The predicted octanol–water partition coefficient (Wildman–Crippen LogP) is 3.49. The molecular formula is C22H24N2O3S2. The molecule has 1 heterocycles. The number of thiophene rings is 1. The maximum absolute atomic E-state index is 12.6. The number of nitrogens with one attached hydrogen (secondary N) is 1. The average Bonchev–Trinajstić information content (AvgIpc) is 3.29. The molecule has 0 atom stereocenters. The van der Waals surface area contributed by atoms with E-state index >= 15 is 0 Å². The molecule has 0 aliphatic carbocycles. The maximum Gasteiger partial charge on any atom is 0.252 e. The first-order chi connectivity index (χ1) is 13.8. The molecule has 5 nitrogen and oxygen atoms in total. The van der Waals surface area contributed by atoms with E-state index in [0.717, 1.165) is 26.8 Å². The van der Waals surface area contributed by atoms with Crippen LogP contribution < -0.4 is 5.32 Å². The minimum Gasteiger partial charge on any atom is -0.354 e. The fourth-order valence-electron chi connectivity index (χ4n) is 3.17. The number of rotatable bonds is 8. The fourth-order valence-corrected chi connectivity index (χ4v) is 5.49. The number of nitrogens with zero attached hydrogens (tertiary/aromatic N) is 1. The summed E-state index contributed by atoms with van der Waals surface area (Å²) in [6, 6.07) is 23.2. The first kappa shape index (κ1) is 21.2. The van der Waals surface area contributed by atoms with Gasteiger partial charge in [-0.2, -0.15) is 4.31 Å². The highest BCUT2D eigenvalue weighted by molar-refractivity contribution is 7.91. The van der Waals surface area contributed by atoms with Gasteiger partial charge in [0.05, 0.1) is 6.54 Å². The van der Waals surface area contributed by atoms with Crippen LogP contribution in [-0.2, 0) is 20.2 Å². The molecule has 0 unspecified atom stereocenters. The van der Waals surface area contributed by atoms with Gasteiger partial charge < -0.3 is 5.32 Å². The molecule has 7 heteroatoms. The van der Waals surface area contributed by atoms with E-state index in [2.05, 4.69) is 12.2 Å². The molecule has 3 aromatic rings. The molecule has 2 aromatic carbocycles. The topological polar surface area (TPSA) is 66.5 Å². The van der Waals surface area contributed by atoms with E-state index < -0.39 is 15.4 Å². The lowest BCUT2D eigenvalue weighted by atomic mass is 9.76. The summed E-state index contributed by atoms with van der Waals surface area (Å²) in [6.07, 6.45) is 0. The number of sulfonamides is 1. The lowest BCUT2D eigenvalue weighted by Gasteiger charge is -2.31. The predicted molar refractivity (Wildman–Crippen MR) is 116 cm³/mol. The van der Waals surface area contributed by atoms with E-state index in [1.54, 1.807) is 11.4 Å². The Morgan fingerprint density at radius 1 is 0.966 bits per heavy atom. The lowest BCUT2D eigenvalue weighted by Crippen LogP contribution is -2.44. The molecule has 152 valence electrons. The van der Waals surface area contributed by atoms with Crippen molar-refractivity contribution >= 4 is 27.3 Å². The molecule has 0 saturated heterocycles. The van der Waals surface area contributed by atoms with Crippen molar-refractivity contribution in [3.8, 4) is 0 Å². The van der Waals surface area contributed by atoms with Gasteiger partial charge in [0, 0.05) is 19.0 Å². The largest absolute Gasteiger partial charge is 0.354 e. The van der Waals surface area contributed by atoms with Crippen molar-refractivity contribution in [1.82, 2.24) is 9.62 Å². The van der Waals surface area contributed by atoms with E-state index in [1.165, 1.54) is 13.1 Å². The van der Waals surface area contributed by atoms with Crippen molar-refractivity contribution in [1.29, 1.82) is 0 Å². The number of benzene rings is 2. The number of carbonyl (C=O) groups is 1. The second kappa shape index (κ2) is 8.90. The summed E-state index contributed by atoms with van der Waals surface area (Å²) in [5, 5.41) is 4.63. The number of hydrogen-bond donors (Lipinski definition) is 1. The van der Waals surface area contributed by atoms with Gasteiger partial charge in [-0.25, -0.2) is 8.42 Å². The van der Waals surface area contributed by atoms with Gasteiger partial charge in [0.2, 0.25) is 5.91 Å². The van der Waals surface area contributed by atoms with Crippen LogP contribution in [0.2, 0.25) is 0 Å². The molecule has 0 radical (unpaired) electrons. The van der Waals surface area contributed by atoms with Crippen LogP contribution in [0, 0.1) is 0 Å². The SMILES string of the molecule is CN(CC(=O)NCC(C)(c1ccccc1)c1ccccc1)S(=O)(=O)c1cccs1. The molecule has 0 saturated carbocycles. The van der Waals surface area contributed by atoms with Gasteiger partial charge in [-0.15, -0.1) is 11.3 Å². The average molecular weight is 429 g/mol. The summed E-state index contributed by atoms with van der Waals surface area (Å²) < 4.78 is 26.4. The maximum atomic E-state index is 12.6. The minimum absolute atomic E-state index is 0.228. The smallest absolute Gasteiger partial charge is 0.252 e. The third kappa shape index (κ3) is 4.75. The standard InChI is InChI=1S/C22H24N2O3S2/c1-22(18-10-5-3-6-11-18,19-12-7-4-8-13-19)17-23-20(25)16-24(2)29(26,27)21-14-9-15-28-21/h3-15H,16-17H2,1-2H3,(H,23,25). The van der Waals surface area contributed by atoms with Gasteiger partial charge in [0.1, 0.15) is 4.21 Å². The summed E-state index contributed by atoms with van der Waals surface area (Å²) in [7, 11) is -2.24. The minimum atomic E-state index is -3.66. The van der Waals surface area contributed by atoms with Crippen molar-refractivity contribution in [3.05, 3.63) is 89.3 Å². The van der Waals surface area contributed by atoms with Gasteiger partial charge >= 0.3 is 0 Å². The molecule has 0 aliphatic heterocycles. The number of hydrogen-bond acceptors (Lipinski definition) is 4. The zero-order chi connectivity index (χ0) is 20.9. The highest BCUT2D eigenvalue weighted by atomic mass is 32.2. The van der Waals surface area contributed by atoms with Crippen molar-refractivity contribution in [2.24, 2.45) is 0 Å². The van der Waals surface area contributed by atoms with Crippen LogP contribution in [0.4, 0.5) is 0 Å². The van der Waals surface area contributed by atoms with Gasteiger partial charge in [0.25, 0.3) is 10.0 Å². The van der Waals surface area contributed by atoms with Crippen LogP contribution in [-0.4, -0.2) is 38.8 Å². The molecule has 1 amide bonds. The quantitative estimate of drug-likeness (QED) is 0.597. The Labute approximate surface area is 176 Å². The third-order valence-electron chi connectivity index (χ3n) is 4.99. The Kier molecular flexibility index (Phi) is 6.52. The highest BCUT2D eigenvalue weighted by Crippen LogP contribution is 2.31. The second-order valence-electron chi connectivity index (χ2n) is 7.03. The Bertz CT molecular complexity index is 995. The van der Waals surface area contributed by atoms with Gasteiger partial charge in [-0.05, 0) is 29.5 Å². The molecule has 3 rings (SSSR count). The monoisotopic (exact) mass is 428 g/mol. The first-order valence-electron chi connectivity index (χ1n) is 9.21. The third-order valence-corrected chi connectivity index (χ3v) is 8.16. The van der Waals surface area contributed by atoms with E-state index in [4.69, 9.17) is 0 Å². The van der Waals surface area contributed by atoms with Crippen LogP contribution in [0.15, 0.2) is 82.4 Å².